The van der Waals surface area contributed by atoms with E-state index in [2.05, 4.69) is 32.7 Å². The van der Waals surface area contributed by atoms with Crippen molar-refractivity contribution in [2.75, 3.05) is 57.8 Å². The maximum Gasteiger partial charge on any atom is 0.242 e. The number of nitrogens with zero attached hydrogens (tertiary/aromatic N) is 3. The fourth-order valence-corrected chi connectivity index (χ4v) is 3.20. The van der Waals surface area contributed by atoms with Gasteiger partial charge >= 0.3 is 0 Å². The van der Waals surface area contributed by atoms with Gasteiger partial charge in [0.1, 0.15) is 12.4 Å². The van der Waals surface area contributed by atoms with E-state index in [9.17, 15) is 4.79 Å². The molecule has 0 radical (unpaired) electrons. The average molecular weight is 396 g/mol. The maximum atomic E-state index is 12.5. The van der Waals surface area contributed by atoms with Gasteiger partial charge in [-0.2, -0.15) is 0 Å². The summed E-state index contributed by atoms with van der Waals surface area (Å²) in [6.07, 6.45) is 0. The third-order valence-corrected chi connectivity index (χ3v) is 4.79. The van der Waals surface area contributed by atoms with Gasteiger partial charge in [-0.25, -0.2) is 0 Å². The molecule has 3 rings (SSSR count). The minimum absolute atomic E-state index is 0.0844. The van der Waals surface area contributed by atoms with Crippen LogP contribution in [0.15, 0.2) is 65.7 Å². The molecule has 2 aromatic carbocycles. The molecular formula is C22H29N5O2. The van der Waals surface area contributed by atoms with E-state index in [4.69, 9.17) is 4.74 Å². The van der Waals surface area contributed by atoms with Gasteiger partial charge in [0.25, 0.3) is 0 Å². The molecule has 1 fully saturated rings. The molecule has 0 unspecified atom stereocenters. The normalized spacial score (nSPS) is 14.4. The molecule has 7 nitrogen and oxygen atoms in total. The zero-order chi connectivity index (χ0) is 20.3. The van der Waals surface area contributed by atoms with Gasteiger partial charge in [0.05, 0.1) is 13.1 Å². The maximum absolute atomic E-state index is 12.5. The fourth-order valence-electron chi connectivity index (χ4n) is 3.20. The Labute approximate surface area is 172 Å². The number of para-hydroxylation sites is 2. The van der Waals surface area contributed by atoms with E-state index in [1.165, 1.54) is 5.69 Å². The first-order chi connectivity index (χ1) is 14.3. The van der Waals surface area contributed by atoms with Crippen molar-refractivity contribution >= 4 is 17.6 Å². The van der Waals surface area contributed by atoms with Gasteiger partial charge in [-0.3, -0.25) is 9.79 Å². The number of carbonyl (C=O) groups excluding carboxylic acids is 1. The number of hydrogen-bond donors (Lipinski definition) is 2. The quantitative estimate of drug-likeness (QED) is 0.423. The Morgan fingerprint density at radius 1 is 0.966 bits per heavy atom. The third-order valence-electron chi connectivity index (χ3n) is 4.79. The molecule has 1 aliphatic heterocycles. The van der Waals surface area contributed by atoms with Crippen LogP contribution in [0.2, 0.25) is 0 Å². The van der Waals surface area contributed by atoms with Crippen LogP contribution < -0.4 is 20.3 Å². The summed E-state index contributed by atoms with van der Waals surface area (Å²) < 4.78 is 5.64. The minimum Gasteiger partial charge on any atom is -0.492 e. The Kier molecular flexibility index (Phi) is 7.74. The molecule has 0 bridgehead atoms. The molecule has 0 aromatic heterocycles. The highest BCUT2D eigenvalue weighted by atomic mass is 16.5. The second kappa shape index (κ2) is 10.9. The highest BCUT2D eigenvalue weighted by molar-refractivity contribution is 5.86. The van der Waals surface area contributed by atoms with Crippen LogP contribution in [0.25, 0.3) is 0 Å². The molecule has 0 spiro atoms. The molecule has 2 aromatic rings. The first-order valence-electron chi connectivity index (χ1n) is 9.96. The van der Waals surface area contributed by atoms with Gasteiger partial charge in [-0.05, 0) is 24.3 Å². The lowest BCUT2D eigenvalue weighted by Gasteiger charge is -2.36. The number of ether oxygens (including phenoxy) is 1. The van der Waals surface area contributed by atoms with Crippen LogP contribution >= 0.6 is 0 Å². The molecule has 154 valence electrons. The lowest BCUT2D eigenvalue weighted by atomic mass is 10.2. The molecular weight excluding hydrogens is 366 g/mol. The summed E-state index contributed by atoms with van der Waals surface area (Å²) >= 11 is 0. The predicted molar refractivity (Wildman–Crippen MR) is 117 cm³/mol. The Balaban J connectivity index is 1.33. The molecule has 2 N–H and O–H groups in total. The molecule has 7 heteroatoms. The Hall–Kier alpha value is -3.22. The number of carbonyl (C=O) groups is 1. The van der Waals surface area contributed by atoms with Crippen LogP contribution in [-0.4, -0.2) is 69.7 Å². The van der Waals surface area contributed by atoms with Gasteiger partial charge in [0.15, 0.2) is 5.96 Å². The van der Waals surface area contributed by atoms with Crippen molar-refractivity contribution in [3.05, 3.63) is 60.7 Å². The number of benzene rings is 2. The van der Waals surface area contributed by atoms with E-state index >= 15 is 0 Å². The van der Waals surface area contributed by atoms with Crippen molar-refractivity contribution in [1.82, 2.24) is 15.5 Å². The number of aliphatic imine (C=N–C) groups is 1. The van der Waals surface area contributed by atoms with Gasteiger partial charge in [0, 0.05) is 38.9 Å². The van der Waals surface area contributed by atoms with Crippen molar-refractivity contribution in [2.24, 2.45) is 4.99 Å². The summed E-state index contributed by atoms with van der Waals surface area (Å²) in [7, 11) is 1.69. The fraction of sp³-hybridized carbons (Fsp3) is 0.364. The zero-order valence-electron chi connectivity index (χ0n) is 16.9. The highest BCUT2D eigenvalue weighted by Crippen LogP contribution is 2.15. The third kappa shape index (κ3) is 6.41. The average Bonchev–Trinajstić information content (AvgIpc) is 2.80. The largest absolute Gasteiger partial charge is 0.492 e. The number of guanidine groups is 1. The van der Waals surface area contributed by atoms with Gasteiger partial charge in [0.2, 0.25) is 5.91 Å². The molecule has 1 heterocycles. The van der Waals surface area contributed by atoms with Crippen molar-refractivity contribution < 1.29 is 9.53 Å². The Bertz CT molecular complexity index is 774. The monoisotopic (exact) mass is 395 g/mol. The van der Waals surface area contributed by atoms with Crippen molar-refractivity contribution in [3.63, 3.8) is 0 Å². The number of piperazine rings is 1. The number of nitrogens with one attached hydrogen (secondary N) is 2. The van der Waals surface area contributed by atoms with Crippen LogP contribution in [-0.2, 0) is 4.79 Å². The van der Waals surface area contributed by atoms with E-state index in [1.807, 2.05) is 53.4 Å². The summed E-state index contributed by atoms with van der Waals surface area (Å²) in [6.45, 7) is 4.49. The van der Waals surface area contributed by atoms with Gasteiger partial charge in [-0.15, -0.1) is 0 Å². The van der Waals surface area contributed by atoms with Crippen LogP contribution in [0, 0.1) is 0 Å². The smallest absolute Gasteiger partial charge is 0.242 e. The Morgan fingerprint density at radius 2 is 1.62 bits per heavy atom. The second-order valence-corrected chi connectivity index (χ2v) is 6.72. The van der Waals surface area contributed by atoms with Crippen LogP contribution in [0.3, 0.4) is 0 Å². The lowest BCUT2D eigenvalue weighted by Crippen LogP contribution is -2.52. The molecule has 0 aliphatic carbocycles. The standard InChI is InChI=1S/C22H29N5O2/c1-23-22(24-12-17-29-20-10-6-3-7-11-20)25-18-21(28)27-15-13-26(14-16-27)19-8-4-2-5-9-19/h2-11H,12-18H2,1H3,(H2,23,24,25). The molecule has 1 aliphatic rings. The number of hydrogen-bond acceptors (Lipinski definition) is 4. The molecule has 1 saturated heterocycles. The van der Waals surface area contributed by atoms with E-state index in [-0.39, 0.29) is 12.5 Å². The SMILES string of the molecule is CN=C(NCCOc1ccccc1)NCC(=O)N1CCN(c2ccccc2)CC1. The Morgan fingerprint density at radius 3 is 2.28 bits per heavy atom. The summed E-state index contributed by atoms with van der Waals surface area (Å²) in [5.41, 5.74) is 1.21. The van der Waals surface area contributed by atoms with Crippen molar-refractivity contribution in [3.8, 4) is 5.75 Å². The molecule has 1 amide bonds. The number of anilines is 1. The summed E-state index contributed by atoms with van der Waals surface area (Å²) in [6, 6.07) is 20.0. The number of rotatable bonds is 7. The van der Waals surface area contributed by atoms with E-state index in [0.717, 1.165) is 31.9 Å². The predicted octanol–water partition coefficient (Wildman–Crippen LogP) is 1.58. The first-order valence-corrected chi connectivity index (χ1v) is 9.96. The number of amides is 1. The molecule has 0 atom stereocenters. The second-order valence-electron chi connectivity index (χ2n) is 6.72. The van der Waals surface area contributed by atoms with Crippen molar-refractivity contribution in [1.29, 1.82) is 0 Å². The summed E-state index contributed by atoms with van der Waals surface area (Å²) in [4.78, 5) is 20.9. The molecule has 29 heavy (non-hydrogen) atoms. The first kappa shape index (κ1) is 20.5. The van der Waals surface area contributed by atoms with E-state index in [0.29, 0.717) is 19.1 Å². The van der Waals surface area contributed by atoms with Crippen LogP contribution in [0.4, 0.5) is 5.69 Å². The topological polar surface area (TPSA) is 69.2 Å². The lowest BCUT2D eigenvalue weighted by molar-refractivity contribution is -0.130. The van der Waals surface area contributed by atoms with E-state index < -0.39 is 0 Å². The van der Waals surface area contributed by atoms with Crippen LogP contribution in [0.1, 0.15) is 0 Å². The molecule has 0 saturated carbocycles. The van der Waals surface area contributed by atoms with Gasteiger partial charge in [-0.1, -0.05) is 36.4 Å². The van der Waals surface area contributed by atoms with E-state index in [1.54, 1.807) is 7.05 Å². The van der Waals surface area contributed by atoms with Gasteiger partial charge < -0.3 is 25.2 Å². The highest BCUT2D eigenvalue weighted by Gasteiger charge is 2.21. The zero-order valence-corrected chi connectivity index (χ0v) is 16.9. The minimum atomic E-state index is 0.0844. The van der Waals surface area contributed by atoms with Crippen molar-refractivity contribution in [2.45, 2.75) is 0 Å². The summed E-state index contributed by atoms with van der Waals surface area (Å²) in [5, 5.41) is 6.25. The van der Waals surface area contributed by atoms with Crippen LogP contribution in [0.5, 0.6) is 5.75 Å². The summed E-state index contributed by atoms with van der Waals surface area (Å²) in [5.74, 6) is 1.51.